The van der Waals surface area contributed by atoms with Crippen LogP contribution in [0, 0.1) is 6.92 Å². The van der Waals surface area contributed by atoms with Crippen molar-refractivity contribution in [3.05, 3.63) is 29.1 Å². The molecule has 3 aliphatic heterocycles. The Morgan fingerprint density at radius 3 is 2.56 bits per heavy atom. The summed E-state index contributed by atoms with van der Waals surface area (Å²) in [7, 11) is 3.24. The zero-order valence-corrected chi connectivity index (χ0v) is 16.5. The molecule has 0 radical (unpaired) electrons. The highest BCUT2D eigenvalue weighted by Gasteiger charge is 2.40. The van der Waals surface area contributed by atoms with Gasteiger partial charge in [-0.2, -0.15) is 24.9 Å². The van der Waals surface area contributed by atoms with Crippen molar-refractivity contribution in [2.24, 2.45) is 0 Å². The summed E-state index contributed by atoms with van der Waals surface area (Å²) in [5.41, 5.74) is 0.643. The molecular formula is C18H23F3N4OS. The average Bonchev–Trinajstić information content (AvgIpc) is 2.94. The van der Waals surface area contributed by atoms with Crippen LogP contribution in [0.2, 0.25) is 0 Å². The van der Waals surface area contributed by atoms with Gasteiger partial charge in [0.15, 0.2) is 5.69 Å². The lowest BCUT2D eigenvalue weighted by Gasteiger charge is -2.26. The van der Waals surface area contributed by atoms with Gasteiger partial charge >= 0.3 is 6.18 Å². The Bertz CT molecular complexity index is 797. The number of thioether (sulfide) groups is 1. The number of amides is 1. The number of nitrogens with zero attached hydrogens (tertiary/aromatic N) is 4. The van der Waals surface area contributed by atoms with E-state index in [4.69, 9.17) is 0 Å². The molecule has 0 aromatic heterocycles. The van der Waals surface area contributed by atoms with Gasteiger partial charge in [-0.15, -0.1) is 0 Å². The molecule has 1 fully saturated rings. The smallest absolute Gasteiger partial charge is 0.347 e. The molecule has 27 heavy (non-hydrogen) atoms. The van der Waals surface area contributed by atoms with Crippen LogP contribution in [0.4, 0.5) is 13.2 Å². The van der Waals surface area contributed by atoms with Gasteiger partial charge in [0.05, 0.1) is 0 Å². The van der Waals surface area contributed by atoms with Gasteiger partial charge in [-0.25, -0.2) is 4.98 Å². The normalized spacial score (nSPS) is 16.1. The first-order valence-corrected chi connectivity index (χ1v) is 9.89. The number of hydrogen-bond donors (Lipinski definition) is 0. The van der Waals surface area contributed by atoms with Gasteiger partial charge in [0.25, 0.3) is 0 Å². The number of hydrogen-bond acceptors (Lipinski definition) is 4. The molecule has 0 N–H and O–H groups in total. The molecule has 3 aliphatic rings. The molecule has 0 unspecified atom stereocenters. The minimum absolute atomic E-state index is 0.0424. The van der Waals surface area contributed by atoms with Crippen LogP contribution < -0.4 is 0 Å². The Morgan fingerprint density at radius 2 is 1.96 bits per heavy atom. The summed E-state index contributed by atoms with van der Waals surface area (Å²) < 4.78 is 42.6. The van der Waals surface area contributed by atoms with Crippen LogP contribution in [0.1, 0.15) is 16.8 Å². The number of fused-ring (bicyclic) bond motifs is 1. The van der Waals surface area contributed by atoms with Crippen molar-refractivity contribution in [1.29, 1.82) is 0 Å². The van der Waals surface area contributed by atoms with Gasteiger partial charge in [-0.3, -0.25) is 9.69 Å². The van der Waals surface area contributed by atoms with Gasteiger partial charge in [-0.05, 0) is 18.6 Å². The predicted molar refractivity (Wildman–Crippen MR) is 99.9 cm³/mol. The van der Waals surface area contributed by atoms with Crippen LogP contribution in [0.3, 0.4) is 0 Å². The lowest BCUT2D eigenvalue weighted by Crippen LogP contribution is -2.32. The standard InChI is InChI=1S/C18H23F3N4OS/c1-12-8-13-14(10-24-4-6-27-7-5-24)16(18(19,20)21)22-17(13)25(9-12)11-15(26)23(2)3/h8-9H,4-7,10-11H2,1-3H3. The Labute approximate surface area is 160 Å². The zero-order valence-electron chi connectivity index (χ0n) is 15.6. The van der Waals surface area contributed by atoms with E-state index in [1.54, 1.807) is 26.4 Å². The summed E-state index contributed by atoms with van der Waals surface area (Å²) in [6.45, 7) is 3.52. The molecule has 1 amide bonds. The molecule has 9 heteroatoms. The molecule has 0 aromatic rings. The van der Waals surface area contributed by atoms with Crippen molar-refractivity contribution >= 4 is 17.7 Å². The number of carbonyl (C=O) groups is 1. The Morgan fingerprint density at radius 1 is 1.30 bits per heavy atom. The summed E-state index contributed by atoms with van der Waals surface area (Å²) in [5.74, 6) is 1.86. The Balaban J connectivity index is 2.07. The van der Waals surface area contributed by atoms with Crippen molar-refractivity contribution in [3.8, 4) is 11.4 Å². The average molecular weight is 400 g/mol. The topological polar surface area (TPSA) is 41.4 Å². The molecule has 0 aliphatic carbocycles. The van der Waals surface area contributed by atoms with Gasteiger partial charge < -0.3 is 9.47 Å². The molecule has 0 aromatic carbocycles. The zero-order chi connectivity index (χ0) is 19.8. The minimum atomic E-state index is -4.53. The van der Waals surface area contributed by atoms with E-state index in [-0.39, 0.29) is 30.4 Å². The summed E-state index contributed by atoms with van der Waals surface area (Å²) in [6, 6.07) is 1.74. The van der Waals surface area contributed by atoms with Crippen LogP contribution in [-0.4, -0.2) is 63.9 Å². The summed E-state index contributed by atoms with van der Waals surface area (Å²) in [4.78, 5) is 19.5. The molecule has 0 bridgehead atoms. The van der Waals surface area contributed by atoms with E-state index in [1.165, 1.54) is 9.47 Å². The second-order valence-corrected chi connectivity index (χ2v) is 8.22. The number of pyridine rings is 1. The van der Waals surface area contributed by atoms with Crippen molar-refractivity contribution < 1.29 is 18.0 Å². The maximum Gasteiger partial charge on any atom is 0.433 e. The monoisotopic (exact) mass is 400 g/mol. The van der Waals surface area contributed by atoms with Crippen LogP contribution in [0.25, 0.3) is 11.4 Å². The molecular weight excluding hydrogens is 377 g/mol. The van der Waals surface area contributed by atoms with Crippen molar-refractivity contribution in [2.45, 2.75) is 26.2 Å². The number of aryl methyl sites for hydroxylation is 1. The summed E-state index contributed by atoms with van der Waals surface area (Å²) in [5, 5.41) is 0. The fourth-order valence-electron chi connectivity index (χ4n) is 3.22. The van der Waals surface area contributed by atoms with E-state index in [0.29, 0.717) is 5.56 Å². The SMILES string of the molecule is Cc1cc2c(CN3CCSCC3)c(C(F)(F)F)nc-2n(CC(=O)N(C)C)c1. The summed E-state index contributed by atoms with van der Waals surface area (Å²) in [6.07, 6.45) is -2.85. The molecule has 5 nitrogen and oxygen atoms in total. The van der Waals surface area contributed by atoms with E-state index >= 15 is 0 Å². The van der Waals surface area contributed by atoms with Gasteiger partial charge in [0.2, 0.25) is 5.91 Å². The molecule has 148 valence electrons. The molecule has 0 atom stereocenters. The first-order chi connectivity index (χ1) is 12.7. The second kappa shape index (κ2) is 7.71. The molecule has 0 saturated carbocycles. The highest BCUT2D eigenvalue weighted by molar-refractivity contribution is 7.99. The van der Waals surface area contributed by atoms with E-state index < -0.39 is 11.9 Å². The van der Waals surface area contributed by atoms with Crippen molar-refractivity contribution in [1.82, 2.24) is 19.4 Å². The van der Waals surface area contributed by atoms with Gasteiger partial charge in [-0.1, -0.05) is 0 Å². The third-order valence-electron chi connectivity index (χ3n) is 4.63. The van der Waals surface area contributed by atoms with E-state index in [1.807, 2.05) is 23.6 Å². The van der Waals surface area contributed by atoms with E-state index in [0.717, 1.165) is 30.2 Å². The van der Waals surface area contributed by atoms with E-state index in [2.05, 4.69) is 4.98 Å². The second-order valence-electron chi connectivity index (χ2n) is 7.00. The number of rotatable bonds is 4. The molecule has 3 heterocycles. The number of halogens is 3. The van der Waals surface area contributed by atoms with E-state index in [9.17, 15) is 18.0 Å². The Kier molecular flexibility index (Phi) is 5.71. The quantitative estimate of drug-likeness (QED) is 0.791. The van der Waals surface area contributed by atoms with Crippen molar-refractivity contribution in [2.75, 3.05) is 38.7 Å². The fraction of sp³-hybridized carbons (Fsp3) is 0.556. The van der Waals surface area contributed by atoms with Crippen molar-refractivity contribution in [3.63, 3.8) is 0 Å². The molecule has 0 spiro atoms. The third-order valence-corrected chi connectivity index (χ3v) is 5.57. The number of likely N-dealkylation sites (N-methyl/N-ethyl adjacent to an activating group) is 1. The predicted octanol–water partition coefficient (Wildman–Crippen LogP) is 2.95. The fourth-order valence-corrected chi connectivity index (χ4v) is 4.20. The summed E-state index contributed by atoms with van der Waals surface area (Å²) >= 11 is 1.81. The van der Waals surface area contributed by atoms with Gasteiger partial charge in [0, 0.05) is 62.6 Å². The van der Waals surface area contributed by atoms with Crippen LogP contribution in [0.15, 0.2) is 12.3 Å². The maximum absolute atomic E-state index is 13.7. The van der Waals surface area contributed by atoms with Crippen LogP contribution in [0.5, 0.6) is 0 Å². The lowest BCUT2D eigenvalue weighted by atomic mass is 10.1. The number of aromatic nitrogens is 2. The third kappa shape index (κ3) is 4.40. The Hall–Kier alpha value is -1.74. The first-order valence-electron chi connectivity index (χ1n) is 8.73. The first kappa shape index (κ1) is 20.0. The molecule has 3 rings (SSSR count). The highest BCUT2D eigenvalue weighted by atomic mass is 32.2. The largest absolute Gasteiger partial charge is 0.433 e. The van der Waals surface area contributed by atoms with Crippen LogP contribution >= 0.6 is 11.8 Å². The minimum Gasteiger partial charge on any atom is -0.347 e. The highest BCUT2D eigenvalue weighted by Crippen LogP contribution is 2.39. The lowest BCUT2D eigenvalue weighted by molar-refractivity contribution is -0.141. The number of carbonyl (C=O) groups excluding carboxylic acids is 1. The van der Waals surface area contributed by atoms with Crippen LogP contribution in [-0.2, 0) is 24.1 Å². The number of alkyl halides is 3. The van der Waals surface area contributed by atoms with Gasteiger partial charge in [0.1, 0.15) is 12.4 Å². The molecule has 1 saturated heterocycles. The maximum atomic E-state index is 13.7.